The van der Waals surface area contributed by atoms with E-state index in [1.54, 1.807) is 25.2 Å². The predicted molar refractivity (Wildman–Crippen MR) is 78.6 cm³/mol. The van der Waals surface area contributed by atoms with Crippen molar-refractivity contribution in [2.45, 2.75) is 13.0 Å². The molecule has 2 rings (SSSR count). The fourth-order valence-corrected chi connectivity index (χ4v) is 1.84. The molecule has 1 aromatic carbocycles. The molecule has 0 bridgehead atoms. The van der Waals surface area contributed by atoms with Gasteiger partial charge < -0.3 is 10.2 Å². The third kappa shape index (κ3) is 3.93. The van der Waals surface area contributed by atoms with Crippen LogP contribution in [0.15, 0.2) is 42.7 Å². The maximum atomic E-state index is 11.4. The standard InChI is InChI=1S/C15H20N4O/c1-18(2)15(20)8-10-16-12-13-4-6-14(7-5-13)19-11-3-9-17-19/h3-7,9,11,16H,8,10,12H2,1-2H3. The van der Waals surface area contributed by atoms with E-state index in [9.17, 15) is 4.79 Å². The van der Waals surface area contributed by atoms with E-state index >= 15 is 0 Å². The minimum absolute atomic E-state index is 0.145. The zero-order valence-electron chi connectivity index (χ0n) is 11.9. The topological polar surface area (TPSA) is 50.2 Å². The number of rotatable bonds is 6. The first kappa shape index (κ1) is 14.3. The van der Waals surface area contributed by atoms with Gasteiger partial charge in [-0.15, -0.1) is 0 Å². The van der Waals surface area contributed by atoms with Gasteiger partial charge in [0.2, 0.25) is 5.91 Å². The molecule has 1 amide bonds. The monoisotopic (exact) mass is 272 g/mol. The van der Waals surface area contributed by atoms with E-state index in [1.165, 1.54) is 5.56 Å². The van der Waals surface area contributed by atoms with Crippen molar-refractivity contribution >= 4 is 5.91 Å². The van der Waals surface area contributed by atoms with Crippen LogP contribution in [-0.4, -0.2) is 41.2 Å². The smallest absolute Gasteiger partial charge is 0.223 e. The molecule has 0 aliphatic heterocycles. The Morgan fingerprint density at radius 3 is 2.65 bits per heavy atom. The van der Waals surface area contributed by atoms with Crippen molar-refractivity contribution in [1.82, 2.24) is 20.0 Å². The molecular formula is C15H20N4O. The summed E-state index contributed by atoms with van der Waals surface area (Å²) < 4.78 is 1.83. The molecule has 0 fully saturated rings. The summed E-state index contributed by atoms with van der Waals surface area (Å²) in [6.45, 7) is 1.46. The second-order valence-electron chi connectivity index (χ2n) is 4.83. The Labute approximate surface area is 119 Å². The normalized spacial score (nSPS) is 10.5. The molecule has 0 unspecified atom stereocenters. The van der Waals surface area contributed by atoms with Crippen molar-refractivity contribution in [2.75, 3.05) is 20.6 Å². The summed E-state index contributed by atoms with van der Waals surface area (Å²) in [5.74, 6) is 0.145. The Bertz CT molecular complexity index is 532. The molecule has 106 valence electrons. The van der Waals surface area contributed by atoms with Crippen LogP contribution in [-0.2, 0) is 11.3 Å². The van der Waals surface area contributed by atoms with E-state index in [-0.39, 0.29) is 5.91 Å². The number of nitrogens with zero attached hydrogens (tertiary/aromatic N) is 3. The Hall–Kier alpha value is -2.14. The molecule has 0 aliphatic rings. The summed E-state index contributed by atoms with van der Waals surface area (Å²) in [7, 11) is 3.55. The molecule has 1 N–H and O–H groups in total. The SMILES string of the molecule is CN(C)C(=O)CCNCc1ccc(-n2cccn2)cc1. The van der Waals surface area contributed by atoms with Gasteiger partial charge in [-0.1, -0.05) is 12.1 Å². The van der Waals surface area contributed by atoms with Crippen LogP contribution in [0.25, 0.3) is 5.69 Å². The van der Waals surface area contributed by atoms with Gasteiger partial charge in [0.05, 0.1) is 5.69 Å². The summed E-state index contributed by atoms with van der Waals surface area (Å²) >= 11 is 0. The Morgan fingerprint density at radius 2 is 2.05 bits per heavy atom. The maximum absolute atomic E-state index is 11.4. The first-order chi connectivity index (χ1) is 9.66. The number of benzene rings is 1. The largest absolute Gasteiger partial charge is 0.349 e. The summed E-state index contributed by atoms with van der Waals surface area (Å²) in [5, 5.41) is 7.46. The molecule has 5 heteroatoms. The molecule has 0 saturated carbocycles. The molecule has 5 nitrogen and oxygen atoms in total. The number of hydrogen-bond donors (Lipinski definition) is 1. The van der Waals surface area contributed by atoms with Crippen molar-refractivity contribution < 1.29 is 4.79 Å². The van der Waals surface area contributed by atoms with Crippen molar-refractivity contribution in [3.63, 3.8) is 0 Å². The average molecular weight is 272 g/mol. The van der Waals surface area contributed by atoms with Crippen molar-refractivity contribution in [1.29, 1.82) is 0 Å². The molecule has 0 atom stereocenters. The van der Waals surface area contributed by atoms with Crippen LogP contribution in [0, 0.1) is 0 Å². The average Bonchev–Trinajstić information content (AvgIpc) is 2.98. The van der Waals surface area contributed by atoms with Gasteiger partial charge in [-0.05, 0) is 23.8 Å². The van der Waals surface area contributed by atoms with E-state index in [0.29, 0.717) is 13.0 Å². The van der Waals surface area contributed by atoms with Gasteiger partial charge >= 0.3 is 0 Å². The third-order valence-corrected chi connectivity index (χ3v) is 3.05. The second-order valence-corrected chi connectivity index (χ2v) is 4.83. The minimum Gasteiger partial charge on any atom is -0.349 e. The number of amides is 1. The molecule has 0 aliphatic carbocycles. The van der Waals surface area contributed by atoms with E-state index in [2.05, 4.69) is 22.5 Å². The molecule has 2 aromatic rings. The highest BCUT2D eigenvalue weighted by molar-refractivity contribution is 5.75. The summed E-state index contributed by atoms with van der Waals surface area (Å²) in [5.41, 5.74) is 2.24. The van der Waals surface area contributed by atoms with Crippen molar-refractivity contribution in [3.05, 3.63) is 48.3 Å². The molecule has 1 aromatic heterocycles. The van der Waals surface area contributed by atoms with Crippen LogP contribution in [0.2, 0.25) is 0 Å². The predicted octanol–water partition coefficient (Wildman–Crippen LogP) is 1.44. The molecule has 1 heterocycles. The number of carbonyl (C=O) groups excluding carboxylic acids is 1. The first-order valence-corrected chi connectivity index (χ1v) is 6.66. The van der Waals surface area contributed by atoms with Crippen LogP contribution in [0.5, 0.6) is 0 Å². The lowest BCUT2D eigenvalue weighted by Gasteiger charge is -2.10. The summed E-state index contributed by atoms with van der Waals surface area (Å²) in [4.78, 5) is 13.0. The van der Waals surface area contributed by atoms with Crippen LogP contribution in [0.3, 0.4) is 0 Å². The number of hydrogen-bond acceptors (Lipinski definition) is 3. The van der Waals surface area contributed by atoms with E-state index in [4.69, 9.17) is 0 Å². The third-order valence-electron chi connectivity index (χ3n) is 3.05. The van der Waals surface area contributed by atoms with Gasteiger partial charge in [0.25, 0.3) is 0 Å². The fourth-order valence-electron chi connectivity index (χ4n) is 1.84. The van der Waals surface area contributed by atoms with Gasteiger partial charge in [-0.25, -0.2) is 4.68 Å². The molecule has 0 spiro atoms. The lowest BCUT2D eigenvalue weighted by molar-refractivity contribution is -0.128. The summed E-state index contributed by atoms with van der Waals surface area (Å²) in [6.07, 6.45) is 4.20. The Morgan fingerprint density at radius 1 is 1.30 bits per heavy atom. The summed E-state index contributed by atoms with van der Waals surface area (Å²) in [6, 6.07) is 10.1. The van der Waals surface area contributed by atoms with Crippen LogP contribution in [0.1, 0.15) is 12.0 Å². The molecular weight excluding hydrogens is 252 g/mol. The molecule has 0 radical (unpaired) electrons. The van der Waals surface area contributed by atoms with E-state index < -0.39 is 0 Å². The van der Waals surface area contributed by atoms with Gasteiger partial charge in [-0.3, -0.25) is 4.79 Å². The van der Waals surface area contributed by atoms with Crippen LogP contribution in [0.4, 0.5) is 0 Å². The Kier molecular flexibility index (Phi) is 4.90. The Balaban J connectivity index is 1.78. The van der Waals surface area contributed by atoms with Gasteiger partial charge in [0.15, 0.2) is 0 Å². The van der Waals surface area contributed by atoms with Crippen LogP contribution >= 0.6 is 0 Å². The lowest BCUT2D eigenvalue weighted by atomic mass is 10.2. The highest BCUT2D eigenvalue weighted by Gasteiger charge is 2.02. The number of carbonyl (C=O) groups is 1. The van der Waals surface area contributed by atoms with E-state index in [0.717, 1.165) is 12.2 Å². The second kappa shape index (κ2) is 6.86. The van der Waals surface area contributed by atoms with Crippen LogP contribution < -0.4 is 5.32 Å². The highest BCUT2D eigenvalue weighted by Crippen LogP contribution is 2.08. The molecule has 0 saturated heterocycles. The van der Waals surface area contributed by atoms with Gasteiger partial charge in [0.1, 0.15) is 0 Å². The molecule has 20 heavy (non-hydrogen) atoms. The lowest BCUT2D eigenvalue weighted by Crippen LogP contribution is -2.26. The maximum Gasteiger partial charge on any atom is 0.223 e. The minimum atomic E-state index is 0.145. The fraction of sp³-hybridized carbons (Fsp3) is 0.333. The zero-order valence-corrected chi connectivity index (χ0v) is 11.9. The number of aromatic nitrogens is 2. The van der Waals surface area contributed by atoms with Gasteiger partial charge in [0, 0.05) is 46.0 Å². The highest BCUT2D eigenvalue weighted by atomic mass is 16.2. The number of nitrogens with one attached hydrogen (secondary N) is 1. The quantitative estimate of drug-likeness (QED) is 0.810. The zero-order chi connectivity index (χ0) is 14.4. The van der Waals surface area contributed by atoms with Crippen molar-refractivity contribution in [2.24, 2.45) is 0 Å². The first-order valence-electron chi connectivity index (χ1n) is 6.66. The van der Waals surface area contributed by atoms with E-state index in [1.807, 2.05) is 29.1 Å². The van der Waals surface area contributed by atoms with Crippen molar-refractivity contribution in [3.8, 4) is 5.69 Å². The van der Waals surface area contributed by atoms with Gasteiger partial charge in [-0.2, -0.15) is 5.10 Å².